The van der Waals surface area contributed by atoms with Gasteiger partial charge in [0.2, 0.25) is 0 Å². The first kappa shape index (κ1) is 35.9. The molecule has 10 heteroatoms. The van der Waals surface area contributed by atoms with Gasteiger partial charge in [-0.3, -0.25) is 14.3 Å². The summed E-state index contributed by atoms with van der Waals surface area (Å²) < 4.78 is 29.5. The molecule has 0 amide bonds. The lowest BCUT2D eigenvalue weighted by Gasteiger charge is -2.51. The number of fused-ring (bicyclic) bond motifs is 3. The van der Waals surface area contributed by atoms with E-state index in [0.717, 1.165) is 16.3 Å². The van der Waals surface area contributed by atoms with Gasteiger partial charge in [-0.15, -0.1) is 0 Å². The van der Waals surface area contributed by atoms with E-state index in [1.54, 1.807) is 0 Å². The number of nitrogens with zero attached hydrogens (tertiary/aromatic N) is 1. The maximum atomic E-state index is 13.4. The Bertz CT molecular complexity index is 2480. The molecule has 53 heavy (non-hydrogen) atoms. The summed E-state index contributed by atoms with van der Waals surface area (Å²) in [5.74, 6) is 6.40. The van der Waals surface area contributed by atoms with Gasteiger partial charge in [-0.1, -0.05) is 128 Å². The molecule has 8 rings (SSSR count). The van der Waals surface area contributed by atoms with Crippen molar-refractivity contribution < 1.29 is 17.7 Å². The molecule has 0 saturated carbocycles. The maximum absolute atomic E-state index is 13.4. The molecular formula is C43H48N2O6Si2. The lowest BCUT2D eigenvalue weighted by molar-refractivity contribution is -0.0566. The molecule has 0 radical (unpaired) electrons. The van der Waals surface area contributed by atoms with Crippen molar-refractivity contribution in [3.05, 3.63) is 105 Å². The number of ether oxygens (including phenoxy) is 1. The number of H-pyrrole nitrogens is 1. The Balaban J connectivity index is 1.16. The van der Waals surface area contributed by atoms with Gasteiger partial charge in [0.1, 0.15) is 17.9 Å². The molecule has 0 bridgehead atoms. The largest absolute Gasteiger partial charge is 0.414 e. The lowest BCUT2D eigenvalue weighted by atomic mass is 9.88. The molecule has 2 fully saturated rings. The Morgan fingerprint density at radius 1 is 0.679 bits per heavy atom. The summed E-state index contributed by atoms with van der Waals surface area (Å²) in [5, 5.41) is 9.39. The number of benzene rings is 5. The molecule has 6 aromatic rings. The number of aromatic nitrogens is 2. The first-order valence-corrected chi connectivity index (χ1v) is 22.9. The molecule has 2 aliphatic rings. The molecule has 2 aliphatic heterocycles. The van der Waals surface area contributed by atoms with Gasteiger partial charge in [-0.25, -0.2) is 4.79 Å². The van der Waals surface area contributed by atoms with E-state index in [1.165, 1.54) is 43.1 Å². The molecule has 1 unspecified atom stereocenters. The van der Waals surface area contributed by atoms with Crippen LogP contribution in [0.25, 0.3) is 43.1 Å². The summed E-state index contributed by atoms with van der Waals surface area (Å²) in [5.41, 5.74) is 0.676. The van der Waals surface area contributed by atoms with Crippen LogP contribution in [0.3, 0.4) is 0 Å². The van der Waals surface area contributed by atoms with E-state index in [2.05, 4.69) is 133 Å². The van der Waals surface area contributed by atoms with E-state index < -0.39 is 34.6 Å². The Kier molecular flexibility index (Phi) is 9.04. The highest BCUT2D eigenvalue weighted by Gasteiger charge is 2.60. The van der Waals surface area contributed by atoms with E-state index in [4.69, 9.17) is 17.7 Å². The zero-order chi connectivity index (χ0) is 37.4. The smallest absolute Gasteiger partial charge is 0.335 e. The standard InChI is InChI=1S/C43H48N2O6Si2/c1-25(2)52(26(3)4)48-24-38-37(50-53(51-52,27(5)6)28(7)8)22-39(49-38)45-23-31(42(46)44-43(45)47)19-18-29-20-21-36-34-16-10-13-30-12-9-15-33(40(30)34)35-17-11-14-32(29)41(35)36/h9-17,20-21,23,25-28,37-39H,22,24H2,1-8H3,(H,44,46,47)/t37?,38-,39-/m1/s1. The maximum Gasteiger partial charge on any atom is 0.335 e. The van der Waals surface area contributed by atoms with Crippen LogP contribution in [0.1, 0.15) is 79.2 Å². The summed E-state index contributed by atoms with van der Waals surface area (Å²) >= 11 is 0. The van der Waals surface area contributed by atoms with Crippen LogP contribution in [-0.4, -0.2) is 45.5 Å². The van der Waals surface area contributed by atoms with Gasteiger partial charge in [0, 0.05) is 18.2 Å². The first-order chi connectivity index (χ1) is 25.3. The summed E-state index contributed by atoms with van der Waals surface area (Å²) in [4.78, 5) is 29.1. The van der Waals surface area contributed by atoms with Gasteiger partial charge in [0.05, 0.1) is 12.7 Å². The molecule has 2 saturated heterocycles. The normalized spacial score (nSPS) is 21.5. The zero-order valence-electron chi connectivity index (χ0n) is 31.8. The van der Waals surface area contributed by atoms with Crippen molar-refractivity contribution in [2.75, 3.05) is 6.61 Å². The second kappa shape index (κ2) is 13.3. The molecule has 3 heterocycles. The molecule has 3 atom stereocenters. The highest BCUT2D eigenvalue weighted by atomic mass is 28.5. The molecule has 274 valence electrons. The minimum atomic E-state index is -2.85. The fraction of sp³-hybridized carbons (Fsp3) is 0.395. The van der Waals surface area contributed by atoms with Gasteiger partial charge < -0.3 is 17.7 Å². The molecule has 8 nitrogen and oxygen atoms in total. The molecule has 0 spiro atoms. The van der Waals surface area contributed by atoms with E-state index >= 15 is 0 Å². The van der Waals surface area contributed by atoms with Crippen molar-refractivity contribution in [2.45, 2.75) is 102 Å². The Hall–Kier alpha value is -4.09. The number of aromatic amines is 1. The van der Waals surface area contributed by atoms with E-state index in [0.29, 0.717) is 13.0 Å². The molecule has 1 aromatic heterocycles. The van der Waals surface area contributed by atoms with E-state index in [9.17, 15) is 9.59 Å². The van der Waals surface area contributed by atoms with Crippen LogP contribution in [0.5, 0.6) is 0 Å². The topological polar surface area (TPSA) is 91.8 Å². The van der Waals surface area contributed by atoms with Crippen LogP contribution in [0, 0.1) is 11.8 Å². The third kappa shape index (κ3) is 5.72. The summed E-state index contributed by atoms with van der Waals surface area (Å²) in [7, 11) is -5.60. The Labute approximate surface area is 312 Å². The molecule has 5 aromatic carbocycles. The van der Waals surface area contributed by atoms with Gasteiger partial charge in [-0.2, -0.15) is 0 Å². The second-order valence-corrected chi connectivity index (χ2v) is 24.9. The van der Waals surface area contributed by atoms with Crippen molar-refractivity contribution >= 4 is 60.2 Å². The predicted octanol–water partition coefficient (Wildman–Crippen LogP) is 9.23. The lowest BCUT2D eigenvalue weighted by Crippen LogP contribution is -2.65. The first-order valence-electron chi connectivity index (χ1n) is 19.0. The van der Waals surface area contributed by atoms with Crippen molar-refractivity contribution in [3.8, 4) is 11.8 Å². The average Bonchev–Trinajstić information content (AvgIpc) is 3.51. The van der Waals surface area contributed by atoms with Gasteiger partial charge in [0.25, 0.3) is 5.56 Å². The second-order valence-electron chi connectivity index (χ2n) is 16.1. The highest BCUT2D eigenvalue weighted by Crippen LogP contribution is 2.48. The quantitative estimate of drug-likeness (QED) is 0.0820. The SMILES string of the molecule is CC(C)[Si]1(C(C)C)OC[C@H]2O[C@@H](n3cc(C#Cc4ccc5c6cccc7cccc(c8cccc4c85)c76)c(=O)[nH]c3=O)CC2O[Si](C(C)C)(C(C)C)O1. The average molecular weight is 745 g/mol. The Morgan fingerprint density at radius 2 is 1.25 bits per heavy atom. The molecular weight excluding hydrogens is 697 g/mol. The van der Waals surface area contributed by atoms with Crippen LogP contribution in [0.4, 0.5) is 0 Å². The fourth-order valence-electron chi connectivity index (χ4n) is 8.98. The number of hydrogen-bond donors (Lipinski definition) is 1. The predicted molar refractivity (Wildman–Crippen MR) is 217 cm³/mol. The number of rotatable bonds is 5. The minimum Gasteiger partial charge on any atom is -0.414 e. The number of hydrogen-bond acceptors (Lipinski definition) is 6. The third-order valence-electron chi connectivity index (χ3n) is 11.7. The fourth-order valence-corrected chi connectivity index (χ4v) is 20.2. The van der Waals surface area contributed by atoms with Gasteiger partial charge in [0.15, 0.2) is 0 Å². The summed E-state index contributed by atoms with van der Waals surface area (Å²) in [6.45, 7) is 17.8. The van der Waals surface area contributed by atoms with Crippen molar-refractivity contribution in [1.82, 2.24) is 9.55 Å². The highest BCUT2D eigenvalue weighted by molar-refractivity contribution is 6.84. The van der Waals surface area contributed by atoms with Gasteiger partial charge >= 0.3 is 22.8 Å². The third-order valence-corrected chi connectivity index (χ3v) is 21.9. The van der Waals surface area contributed by atoms with Crippen molar-refractivity contribution in [2.24, 2.45) is 0 Å². The van der Waals surface area contributed by atoms with Crippen LogP contribution < -0.4 is 11.2 Å². The minimum absolute atomic E-state index is 0.171. The molecule has 0 aliphatic carbocycles. The van der Waals surface area contributed by atoms with Crippen molar-refractivity contribution in [3.63, 3.8) is 0 Å². The van der Waals surface area contributed by atoms with E-state index in [-0.39, 0.29) is 39.9 Å². The van der Waals surface area contributed by atoms with Gasteiger partial charge in [-0.05, 0) is 71.3 Å². The summed E-state index contributed by atoms with van der Waals surface area (Å²) in [6.07, 6.45) is 0.573. The van der Waals surface area contributed by atoms with Crippen LogP contribution in [0.15, 0.2) is 82.5 Å². The molecule has 1 N–H and O–H groups in total. The van der Waals surface area contributed by atoms with Crippen LogP contribution in [0.2, 0.25) is 22.2 Å². The Morgan fingerprint density at radius 3 is 1.89 bits per heavy atom. The monoisotopic (exact) mass is 744 g/mol. The van der Waals surface area contributed by atoms with Crippen molar-refractivity contribution in [1.29, 1.82) is 0 Å². The van der Waals surface area contributed by atoms with E-state index in [1.807, 2.05) is 6.07 Å². The zero-order valence-corrected chi connectivity index (χ0v) is 33.8. The summed E-state index contributed by atoms with van der Waals surface area (Å²) in [6, 6.07) is 23.4. The number of nitrogens with one attached hydrogen (secondary N) is 1. The van der Waals surface area contributed by atoms with Crippen LogP contribution in [-0.2, 0) is 17.7 Å². The van der Waals surface area contributed by atoms with Crippen LogP contribution >= 0.6 is 0 Å².